The summed E-state index contributed by atoms with van der Waals surface area (Å²) >= 11 is 1.55. The fraction of sp³-hybridized carbons (Fsp3) is 0.357. The second kappa shape index (κ2) is 6.97. The maximum Gasteiger partial charge on any atom is 0.214 e. The molecule has 0 N–H and O–H groups in total. The van der Waals surface area contributed by atoms with Gasteiger partial charge in [-0.15, -0.1) is 11.3 Å². The number of sulfonamides is 1. The third kappa shape index (κ3) is 4.40. The van der Waals surface area contributed by atoms with E-state index in [2.05, 4.69) is 4.98 Å². The third-order valence-corrected chi connectivity index (χ3v) is 5.78. The lowest BCUT2D eigenvalue weighted by Crippen LogP contribution is -2.31. The van der Waals surface area contributed by atoms with Gasteiger partial charge >= 0.3 is 0 Å². The van der Waals surface area contributed by atoms with Crippen LogP contribution < -0.4 is 0 Å². The van der Waals surface area contributed by atoms with Gasteiger partial charge in [-0.25, -0.2) is 17.7 Å². The van der Waals surface area contributed by atoms with Crippen LogP contribution in [0, 0.1) is 0 Å². The summed E-state index contributed by atoms with van der Waals surface area (Å²) in [5, 5.41) is 2.87. The predicted molar refractivity (Wildman–Crippen MR) is 82.4 cm³/mol. The quantitative estimate of drug-likeness (QED) is 0.787. The minimum Gasteiger partial charge on any atom is -0.250 e. The lowest BCUT2D eigenvalue weighted by atomic mass is 10.2. The molecule has 0 spiro atoms. The summed E-state index contributed by atoms with van der Waals surface area (Å²) in [6.45, 7) is 0.477. The topological polar surface area (TPSA) is 50.3 Å². The second-order valence-corrected chi connectivity index (χ2v) is 7.72. The second-order valence-electron chi connectivity index (χ2n) is 4.55. The highest BCUT2D eigenvalue weighted by Crippen LogP contribution is 2.09. The van der Waals surface area contributed by atoms with E-state index in [9.17, 15) is 8.42 Å². The summed E-state index contributed by atoms with van der Waals surface area (Å²) in [5.74, 6) is 0.144. The lowest BCUT2D eigenvalue weighted by Gasteiger charge is -2.16. The Kier molecular flexibility index (Phi) is 5.28. The first-order valence-corrected chi connectivity index (χ1v) is 8.93. The van der Waals surface area contributed by atoms with Gasteiger partial charge < -0.3 is 0 Å². The molecule has 0 unspecified atom stereocenters. The molecule has 20 heavy (non-hydrogen) atoms. The molecule has 108 valence electrons. The first kappa shape index (κ1) is 15.2. The highest BCUT2D eigenvalue weighted by molar-refractivity contribution is 7.89. The van der Waals surface area contributed by atoms with E-state index in [4.69, 9.17) is 0 Å². The average molecular weight is 310 g/mol. The summed E-state index contributed by atoms with van der Waals surface area (Å²) in [6.07, 6.45) is 2.95. The molecule has 0 aliphatic carbocycles. The molecule has 4 nitrogen and oxygen atoms in total. The Balaban J connectivity index is 1.85. The third-order valence-electron chi connectivity index (χ3n) is 3.09. The fourth-order valence-corrected chi connectivity index (χ4v) is 3.60. The normalized spacial score (nSPS) is 11.9. The molecule has 1 aromatic carbocycles. The first-order chi connectivity index (χ1) is 9.58. The van der Waals surface area contributed by atoms with Gasteiger partial charge in [0.05, 0.1) is 10.8 Å². The van der Waals surface area contributed by atoms with Gasteiger partial charge in [0.25, 0.3) is 0 Å². The molecule has 1 heterocycles. The van der Waals surface area contributed by atoms with Crippen LogP contribution in [0.1, 0.15) is 10.6 Å². The zero-order chi connectivity index (χ0) is 14.4. The Labute approximate surface area is 124 Å². The minimum atomic E-state index is -3.20. The molecule has 2 aromatic rings. The van der Waals surface area contributed by atoms with Crippen molar-refractivity contribution < 1.29 is 8.42 Å². The van der Waals surface area contributed by atoms with Gasteiger partial charge in [0.2, 0.25) is 10.0 Å². The molecule has 1 aromatic heterocycles. The van der Waals surface area contributed by atoms with Crippen LogP contribution >= 0.6 is 11.3 Å². The summed E-state index contributed by atoms with van der Waals surface area (Å²) in [4.78, 5) is 4.16. The van der Waals surface area contributed by atoms with Crippen LogP contribution in [0.4, 0.5) is 0 Å². The summed E-state index contributed by atoms with van der Waals surface area (Å²) in [6, 6.07) is 9.68. The number of thiazole rings is 1. The van der Waals surface area contributed by atoms with Crippen LogP contribution in [0.25, 0.3) is 0 Å². The number of rotatable bonds is 7. The van der Waals surface area contributed by atoms with Crippen LogP contribution in [0.2, 0.25) is 0 Å². The van der Waals surface area contributed by atoms with Crippen molar-refractivity contribution in [2.24, 2.45) is 0 Å². The SMILES string of the molecule is CN(CCc1nccs1)S(=O)(=O)CCc1ccccc1. The predicted octanol–water partition coefficient (Wildman–Crippen LogP) is 2.19. The van der Waals surface area contributed by atoms with Crippen molar-refractivity contribution in [3.8, 4) is 0 Å². The maximum absolute atomic E-state index is 12.2. The summed E-state index contributed by atoms with van der Waals surface area (Å²) in [7, 11) is -1.57. The van der Waals surface area contributed by atoms with Gasteiger partial charge in [0, 0.05) is 31.6 Å². The maximum atomic E-state index is 12.2. The van der Waals surface area contributed by atoms with E-state index in [1.54, 1.807) is 24.6 Å². The van der Waals surface area contributed by atoms with Crippen LogP contribution in [0.5, 0.6) is 0 Å². The van der Waals surface area contributed by atoms with Crippen molar-refractivity contribution in [3.05, 3.63) is 52.5 Å². The van der Waals surface area contributed by atoms with Crippen molar-refractivity contribution in [2.75, 3.05) is 19.3 Å². The van der Waals surface area contributed by atoms with Crippen molar-refractivity contribution in [1.82, 2.24) is 9.29 Å². The Hall–Kier alpha value is -1.24. The number of benzene rings is 1. The molecule has 0 amide bonds. The number of aryl methyl sites for hydroxylation is 1. The monoisotopic (exact) mass is 310 g/mol. The van der Waals surface area contributed by atoms with E-state index in [-0.39, 0.29) is 5.75 Å². The molecule has 6 heteroatoms. The fourth-order valence-electron chi connectivity index (χ4n) is 1.82. The Morgan fingerprint density at radius 3 is 2.60 bits per heavy atom. The first-order valence-electron chi connectivity index (χ1n) is 6.44. The highest BCUT2D eigenvalue weighted by atomic mass is 32.2. The molecule has 0 saturated carbocycles. The molecule has 0 bridgehead atoms. The van der Waals surface area contributed by atoms with Crippen molar-refractivity contribution >= 4 is 21.4 Å². The molecular formula is C14H18N2O2S2. The highest BCUT2D eigenvalue weighted by Gasteiger charge is 2.17. The van der Waals surface area contributed by atoms with E-state index in [1.165, 1.54) is 4.31 Å². The van der Waals surface area contributed by atoms with Gasteiger partial charge in [0.1, 0.15) is 0 Å². The van der Waals surface area contributed by atoms with Gasteiger partial charge in [-0.2, -0.15) is 0 Å². The molecule has 0 atom stereocenters. The van der Waals surface area contributed by atoms with Crippen LogP contribution in [-0.4, -0.2) is 37.1 Å². The van der Waals surface area contributed by atoms with Gasteiger partial charge in [-0.05, 0) is 12.0 Å². The van der Waals surface area contributed by atoms with E-state index in [1.807, 2.05) is 35.7 Å². The van der Waals surface area contributed by atoms with Crippen molar-refractivity contribution in [2.45, 2.75) is 12.8 Å². The van der Waals surface area contributed by atoms with Crippen molar-refractivity contribution in [3.63, 3.8) is 0 Å². The van der Waals surface area contributed by atoms with Crippen LogP contribution in [0.3, 0.4) is 0 Å². The van der Waals surface area contributed by atoms with Gasteiger partial charge in [-0.3, -0.25) is 0 Å². The number of nitrogens with zero attached hydrogens (tertiary/aromatic N) is 2. The number of hydrogen-bond donors (Lipinski definition) is 0. The van der Waals surface area contributed by atoms with E-state index >= 15 is 0 Å². The van der Waals surface area contributed by atoms with Crippen LogP contribution in [0.15, 0.2) is 41.9 Å². The standard InChI is InChI=1S/C14H18N2O2S2/c1-16(10-7-14-15-9-11-19-14)20(17,18)12-8-13-5-3-2-4-6-13/h2-6,9,11H,7-8,10,12H2,1H3. The molecule has 0 aliphatic heterocycles. The average Bonchev–Trinajstić information content (AvgIpc) is 2.97. The Bertz CT molecular complexity index is 610. The van der Waals surface area contributed by atoms with Crippen molar-refractivity contribution in [1.29, 1.82) is 0 Å². The lowest BCUT2D eigenvalue weighted by molar-refractivity contribution is 0.472. The molecule has 0 fully saturated rings. The molecule has 0 aliphatic rings. The van der Waals surface area contributed by atoms with Gasteiger partial charge in [0.15, 0.2) is 0 Å². The molecular weight excluding hydrogens is 292 g/mol. The summed E-state index contributed by atoms with van der Waals surface area (Å²) in [5.41, 5.74) is 1.05. The zero-order valence-electron chi connectivity index (χ0n) is 11.4. The van der Waals surface area contributed by atoms with E-state index in [0.29, 0.717) is 19.4 Å². The number of hydrogen-bond acceptors (Lipinski definition) is 4. The largest absolute Gasteiger partial charge is 0.250 e. The molecule has 0 radical (unpaired) electrons. The summed E-state index contributed by atoms with van der Waals surface area (Å²) < 4.78 is 25.8. The molecule has 2 rings (SSSR count). The molecule has 0 saturated heterocycles. The van der Waals surface area contributed by atoms with E-state index in [0.717, 1.165) is 10.6 Å². The Morgan fingerprint density at radius 1 is 1.20 bits per heavy atom. The number of aromatic nitrogens is 1. The van der Waals surface area contributed by atoms with E-state index < -0.39 is 10.0 Å². The zero-order valence-corrected chi connectivity index (χ0v) is 13.0. The Morgan fingerprint density at radius 2 is 1.95 bits per heavy atom. The number of likely N-dealkylation sites (N-methyl/N-ethyl adjacent to an activating group) is 1. The smallest absolute Gasteiger partial charge is 0.214 e. The van der Waals surface area contributed by atoms with Gasteiger partial charge in [-0.1, -0.05) is 30.3 Å². The minimum absolute atomic E-state index is 0.144. The van der Waals surface area contributed by atoms with Crippen LogP contribution in [-0.2, 0) is 22.9 Å².